The maximum atomic E-state index is 13.0. The second kappa shape index (κ2) is 9.65. The number of nitrogens with zero attached hydrogens (tertiary/aromatic N) is 2. The molecule has 0 bridgehead atoms. The second-order valence-electron chi connectivity index (χ2n) is 9.09. The van der Waals surface area contributed by atoms with Crippen LogP contribution in [0.25, 0.3) is 11.3 Å². The third-order valence-electron chi connectivity index (χ3n) is 6.75. The zero-order chi connectivity index (χ0) is 25.2. The number of non-ortho nitro benzene ring substituents is 1. The minimum atomic E-state index is -0.466. The number of likely N-dealkylation sites (tertiary alicyclic amines) is 1. The van der Waals surface area contributed by atoms with Gasteiger partial charge in [0.1, 0.15) is 0 Å². The molecule has 0 radical (unpaired) electrons. The second-order valence-corrected chi connectivity index (χ2v) is 9.09. The number of hydrogen-bond donors (Lipinski definition) is 2. The molecule has 3 aromatic rings. The number of anilines is 2. The van der Waals surface area contributed by atoms with Gasteiger partial charge in [0.2, 0.25) is 5.91 Å². The Kier molecular flexibility index (Phi) is 6.25. The quantitative estimate of drug-likeness (QED) is 0.290. The lowest BCUT2D eigenvalue weighted by atomic mass is 9.99. The molecule has 1 unspecified atom stereocenters. The van der Waals surface area contributed by atoms with Crippen LogP contribution in [0.2, 0.25) is 0 Å². The molecule has 2 N–H and O–H groups in total. The summed E-state index contributed by atoms with van der Waals surface area (Å²) in [5.74, 6) is -0.204. The van der Waals surface area contributed by atoms with Gasteiger partial charge in [-0.15, -0.1) is 0 Å². The molecule has 2 amide bonds. The molecule has 8 heteroatoms. The number of benzene rings is 3. The fraction of sp³-hybridized carbons (Fsp3) is 0.214. The van der Waals surface area contributed by atoms with Gasteiger partial charge in [-0.05, 0) is 48.6 Å². The van der Waals surface area contributed by atoms with Crippen molar-refractivity contribution in [3.8, 4) is 0 Å². The fourth-order valence-corrected chi connectivity index (χ4v) is 5.00. The van der Waals surface area contributed by atoms with Crippen molar-refractivity contribution in [3.63, 3.8) is 0 Å². The summed E-state index contributed by atoms with van der Waals surface area (Å²) >= 11 is 0. The Morgan fingerprint density at radius 1 is 1.11 bits per heavy atom. The topological polar surface area (TPSA) is 105 Å². The summed E-state index contributed by atoms with van der Waals surface area (Å²) in [7, 11) is 0. The average Bonchev–Trinajstić information content (AvgIpc) is 3.47. The normalized spacial score (nSPS) is 18.0. The molecule has 1 fully saturated rings. The zero-order valence-corrected chi connectivity index (χ0v) is 19.9. The molecule has 2 aliphatic heterocycles. The fourth-order valence-electron chi connectivity index (χ4n) is 5.00. The molecule has 182 valence electrons. The summed E-state index contributed by atoms with van der Waals surface area (Å²) in [4.78, 5) is 37.8. The molecule has 1 atom stereocenters. The SMILES string of the molecule is CC(=O)N1CCCC1Cc1ccc(NC(=C2C(=O)Nc3ccc([N+](=O)[O-])cc32)c2ccccc2)cc1. The first-order chi connectivity index (χ1) is 17.4. The van der Waals surface area contributed by atoms with E-state index in [4.69, 9.17) is 0 Å². The summed E-state index contributed by atoms with van der Waals surface area (Å²) < 4.78 is 0. The van der Waals surface area contributed by atoms with Crippen LogP contribution in [0.5, 0.6) is 0 Å². The minimum absolute atomic E-state index is 0.0777. The van der Waals surface area contributed by atoms with Gasteiger partial charge in [-0.2, -0.15) is 0 Å². The van der Waals surface area contributed by atoms with Crippen LogP contribution in [0.15, 0.2) is 72.8 Å². The number of nitrogens with one attached hydrogen (secondary N) is 2. The third-order valence-corrected chi connectivity index (χ3v) is 6.75. The Hall–Kier alpha value is -4.46. The summed E-state index contributed by atoms with van der Waals surface area (Å²) in [6.45, 7) is 2.44. The largest absolute Gasteiger partial charge is 0.354 e. The van der Waals surface area contributed by atoms with Crippen molar-refractivity contribution >= 4 is 40.1 Å². The summed E-state index contributed by atoms with van der Waals surface area (Å²) in [6.07, 6.45) is 2.83. The number of carbonyl (C=O) groups is 2. The Bertz CT molecular complexity index is 1370. The van der Waals surface area contributed by atoms with Crippen molar-refractivity contribution in [2.45, 2.75) is 32.2 Å². The van der Waals surface area contributed by atoms with Crippen LogP contribution in [0.3, 0.4) is 0 Å². The van der Waals surface area contributed by atoms with Crippen molar-refractivity contribution in [2.75, 3.05) is 17.2 Å². The predicted octanol–water partition coefficient (Wildman–Crippen LogP) is 5.08. The van der Waals surface area contributed by atoms with Gasteiger partial charge < -0.3 is 15.5 Å². The first kappa shape index (κ1) is 23.3. The van der Waals surface area contributed by atoms with Gasteiger partial charge in [0.05, 0.1) is 16.2 Å². The van der Waals surface area contributed by atoms with Crippen LogP contribution in [-0.4, -0.2) is 34.2 Å². The van der Waals surface area contributed by atoms with Gasteiger partial charge in [0.25, 0.3) is 11.6 Å². The van der Waals surface area contributed by atoms with E-state index in [1.54, 1.807) is 13.0 Å². The maximum absolute atomic E-state index is 13.0. The number of rotatable bonds is 6. The molecule has 0 spiro atoms. The van der Waals surface area contributed by atoms with Gasteiger partial charge in [-0.1, -0.05) is 42.5 Å². The van der Waals surface area contributed by atoms with E-state index in [1.807, 2.05) is 59.5 Å². The smallest absolute Gasteiger partial charge is 0.270 e. The molecule has 5 rings (SSSR count). The van der Waals surface area contributed by atoms with E-state index in [9.17, 15) is 19.7 Å². The molecule has 0 saturated carbocycles. The van der Waals surface area contributed by atoms with Crippen LogP contribution in [0, 0.1) is 10.1 Å². The Labute approximate surface area is 208 Å². The molecule has 36 heavy (non-hydrogen) atoms. The average molecular weight is 483 g/mol. The van der Waals surface area contributed by atoms with Crippen LogP contribution >= 0.6 is 0 Å². The van der Waals surface area contributed by atoms with Gasteiger partial charge in [-0.25, -0.2) is 0 Å². The molecule has 2 aliphatic rings. The van der Waals surface area contributed by atoms with E-state index in [1.165, 1.54) is 12.1 Å². The van der Waals surface area contributed by atoms with Crippen LogP contribution in [-0.2, 0) is 16.0 Å². The maximum Gasteiger partial charge on any atom is 0.270 e. The number of carbonyl (C=O) groups excluding carboxylic acids is 2. The van der Waals surface area contributed by atoms with Crippen molar-refractivity contribution in [1.29, 1.82) is 0 Å². The lowest BCUT2D eigenvalue weighted by molar-refractivity contribution is -0.384. The van der Waals surface area contributed by atoms with E-state index >= 15 is 0 Å². The zero-order valence-electron chi connectivity index (χ0n) is 19.9. The van der Waals surface area contributed by atoms with E-state index in [-0.39, 0.29) is 23.5 Å². The summed E-state index contributed by atoms with van der Waals surface area (Å²) in [6, 6.07) is 22.0. The minimum Gasteiger partial charge on any atom is -0.354 e. The molecular formula is C28H26N4O4. The first-order valence-electron chi connectivity index (χ1n) is 11.9. The molecule has 8 nitrogen and oxygen atoms in total. The van der Waals surface area contributed by atoms with Crippen LogP contribution in [0.4, 0.5) is 17.1 Å². The first-order valence-corrected chi connectivity index (χ1v) is 11.9. The Morgan fingerprint density at radius 2 is 1.86 bits per heavy atom. The molecule has 2 heterocycles. The monoisotopic (exact) mass is 482 g/mol. The predicted molar refractivity (Wildman–Crippen MR) is 139 cm³/mol. The highest BCUT2D eigenvalue weighted by atomic mass is 16.6. The third kappa shape index (κ3) is 4.57. The van der Waals surface area contributed by atoms with E-state index in [0.29, 0.717) is 22.5 Å². The highest BCUT2D eigenvalue weighted by Crippen LogP contribution is 2.39. The van der Waals surface area contributed by atoms with Gasteiger partial charge in [-0.3, -0.25) is 19.7 Å². The van der Waals surface area contributed by atoms with Crippen molar-refractivity contribution < 1.29 is 14.5 Å². The summed E-state index contributed by atoms with van der Waals surface area (Å²) in [5.41, 5.74) is 4.57. The lowest BCUT2D eigenvalue weighted by Gasteiger charge is -2.23. The standard InChI is InChI=1S/C28H26N4O4/c1-18(33)31-15-5-8-22(31)16-19-9-11-21(12-10-19)29-27(20-6-3-2-4-7-20)26-24-17-23(32(35)36)13-14-25(24)30-28(26)34/h2-4,6-7,9-14,17,22,29H,5,8,15-16H2,1H3,(H,30,34). The lowest BCUT2D eigenvalue weighted by Crippen LogP contribution is -2.34. The molecule has 1 saturated heterocycles. The van der Waals surface area contributed by atoms with Gasteiger partial charge in [0.15, 0.2) is 0 Å². The molecule has 3 aromatic carbocycles. The van der Waals surface area contributed by atoms with E-state index in [2.05, 4.69) is 10.6 Å². The summed E-state index contributed by atoms with van der Waals surface area (Å²) in [5, 5.41) is 17.6. The highest BCUT2D eigenvalue weighted by Gasteiger charge is 2.30. The number of nitro groups is 1. The Balaban J connectivity index is 1.48. The van der Waals surface area contributed by atoms with Gasteiger partial charge in [0, 0.05) is 48.6 Å². The van der Waals surface area contributed by atoms with Crippen LogP contribution < -0.4 is 10.6 Å². The van der Waals surface area contributed by atoms with Crippen molar-refractivity contribution in [2.24, 2.45) is 0 Å². The van der Waals surface area contributed by atoms with Crippen LogP contribution in [0.1, 0.15) is 36.5 Å². The number of amides is 2. The van der Waals surface area contributed by atoms with E-state index in [0.717, 1.165) is 42.6 Å². The number of fused-ring (bicyclic) bond motifs is 1. The van der Waals surface area contributed by atoms with Crippen molar-refractivity contribution in [3.05, 3.63) is 99.6 Å². The highest BCUT2D eigenvalue weighted by molar-refractivity contribution is 6.37. The van der Waals surface area contributed by atoms with E-state index < -0.39 is 4.92 Å². The number of hydrogen-bond acceptors (Lipinski definition) is 5. The molecule has 0 aromatic heterocycles. The van der Waals surface area contributed by atoms with Crippen molar-refractivity contribution in [1.82, 2.24) is 4.90 Å². The molecule has 0 aliphatic carbocycles. The molecular weight excluding hydrogens is 456 g/mol. The Morgan fingerprint density at radius 3 is 2.56 bits per heavy atom. The van der Waals surface area contributed by atoms with Gasteiger partial charge >= 0.3 is 0 Å². The number of nitro benzene ring substituents is 1.